The number of anilines is 1. The highest BCUT2D eigenvalue weighted by molar-refractivity contribution is 6.30. The number of carbonyl (C=O) groups excluding carboxylic acids is 1. The minimum atomic E-state index is -0.356. The van der Waals surface area contributed by atoms with Crippen LogP contribution in [0.3, 0.4) is 0 Å². The molecule has 0 saturated heterocycles. The first kappa shape index (κ1) is 12.5. The number of furan rings is 1. The number of aromatic nitrogens is 2. The molecule has 3 rings (SSSR count). The number of amides is 1. The summed E-state index contributed by atoms with van der Waals surface area (Å²) in [4.78, 5) is 12.0. The summed E-state index contributed by atoms with van der Waals surface area (Å²) in [6.07, 6.45) is 3.13. The highest BCUT2D eigenvalue weighted by Gasteiger charge is 2.10. The van der Waals surface area contributed by atoms with Crippen LogP contribution in [-0.4, -0.2) is 15.8 Å². The van der Waals surface area contributed by atoms with Crippen molar-refractivity contribution in [2.24, 2.45) is 0 Å². The quantitative estimate of drug-likeness (QED) is 0.778. The topological polar surface area (TPSA) is 60.1 Å². The van der Waals surface area contributed by atoms with E-state index in [0.29, 0.717) is 22.2 Å². The third kappa shape index (κ3) is 2.57. The lowest BCUT2D eigenvalue weighted by Gasteiger charge is -2.04. The lowest BCUT2D eigenvalue weighted by Crippen LogP contribution is -2.19. The van der Waals surface area contributed by atoms with Crippen molar-refractivity contribution < 1.29 is 9.21 Å². The molecule has 2 aromatic heterocycles. The number of hydrogen-bond acceptors (Lipinski definition) is 3. The predicted molar refractivity (Wildman–Crippen MR) is 75.8 cm³/mol. The number of nitrogens with one attached hydrogen (secondary N) is 1. The molecule has 0 aliphatic heterocycles. The fourth-order valence-corrected chi connectivity index (χ4v) is 1.83. The molecule has 1 amide bonds. The Morgan fingerprint density at radius 3 is 2.70 bits per heavy atom. The average Bonchev–Trinajstić information content (AvgIpc) is 3.11. The van der Waals surface area contributed by atoms with Crippen LogP contribution in [0.2, 0.25) is 5.02 Å². The van der Waals surface area contributed by atoms with E-state index in [1.807, 2.05) is 0 Å². The van der Waals surface area contributed by atoms with Crippen LogP contribution >= 0.6 is 11.6 Å². The van der Waals surface area contributed by atoms with Gasteiger partial charge in [-0.05, 0) is 42.5 Å². The maximum Gasteiger partial charge on any atom is 0.346 e. The summed E-state index contributed by atoms with van der Waals surface area (Å²) in [7, 11) is 0. The Balaban J connectivity index is 1.76. The molecule has 0 aliphatic rings. The lowest BCUT2D eigenvalue weighted by molar-refractivity contribution is 0.251. The van der Waals surface area contributed by atoms with Crippen molar-refractivity contribution in [3.63, 3.8) is 0 Å². The average molecular weight is 288 g/mol. The standard InChI is InChI=1S/C14H10ClN3O2/c15-10-3-5-11(6-4-10)16-14(19)18-8-7-12(17-18)13-2-1-9-20-13/h1-9H,(H,16,19). The second-order valence-electron chi connectivity index (χ2n) is 4.06. The van der Waals surface area contributed by atoms with Crippen LogP contribution in [0.5, 0.6) is 0 Å². The fourth-order valence-electron chi connectivity index (χ4n) is 1.71. The minimum absolute atomic E-state index is 0.356. The van der Waals surface area contributed by atoms with Gasteiger partial charge in [0, 0.05) is 16.9 Å². The number of carbonyl (C=O) groups is 1. The van der Waals surface area contributed by atoms with E-state index in [-0.39, 0.29) is 6.03 Å². The molecule has 2 heterocycles. The first-order valence-corrected chi connectivity index (χ1v) is 6.27. The van der Waals surface area contributed by atoms with Crippen molar-refractivity contribution in [3.05, 3.63) is 59.9 Å². The van der Waals surface area contributed by atoms with Gasteiger partial charge in [0.1, 0.15) is 5.69 Å². The number of nitrogens with zero attached hydrogens (tertiary/aromatic N) is 2. The van der Waals surface area contributed by atoms with Crippen molar-refractivity contribution >= 4 is 23.3 Å². The maximum absolute atomic E-state index is 12.0. The SMILES string of the molecule is O=C(Nc1ccc(Cl)cc1)n1ccc(-c2ccco2)n1. The summed E-state index contributed by atoms with van der Waals surface area (Å²) in [6.45, 7) is 0. The van der Waals surface area contributed by atoms with Crippen molar-refractivity contribution in [2.45, 2.75) is 0 Å². The van der Waals surface area contributed by atoms with Gasteiger partial charge in [-0.15, -0.1) is 0 Å². The molecule has 6 heteroatoms. The zero-order valence-corrected chi connectivity index (χ0v) is 11.0. The number of hydrogen-bond donors (Lipinski definition) is 1. The molecule has 0 aliphatic carbocycles. The first-order chi connectivity index (χ1) is 9.72. The van der Waals surface area contributed by atoms with Gasteiger partial charge in [0.2, 0.25) is 0 Å². The highest BCUT2D eigenvalue weighted by atomic mass is 35.5. The highest BCUT2D eigenvalue weighted by Crippen LogP contribution is 2.17. The molecule has 0 fully saturated rings. The van der Waals surface area contributed by atoms with Crippen LogP contribution in [-0.2, 0) is 0 Å². The van der Waals surface area contributed by atoms with Crippen LogP contribution in [0.25, 0.3) is 11.5 Å². The molecule has 5 nitrogen and oxygen atoms in total. The van der Waals surface area contributed by atoms with E-state index in [1.165, 1.54) is 4.68 Å². The molecule has 3 aromatic rings. The van der Waals surface area contributed by atoms with Gasteiger partial charge < -0.3 is 9.73 Å². The number of benzene rings is 1. The zero-order chi connectivity index (χ0) is 13.9. The van der Waals surface area contributed by atoms with Gasteiger partial charge in [-0.1, -0.05) is 11.6 Å². The molecule has 0 atom stereocenters. The molecule has 0 radical (unpaired) electrons. The number of rotatable bonds is 2. The van der Waals surface area contributed by atoms with Crippen LogP contribution in [0.1, 0.15) is 0 Å². The van der Waals surface area contributed by atoms with E-state index < -0.39 is 0 Å². The van der Waals surface area contributed by atoms with E-state index in [9.17, 15) is 4.79 Å². The summed E-state index contributed by atoms with van der Waals surface area (Å²) in [6, 6.07) is 11.7. The van der Waals surface area contributed by atoms with Crippen LogP contribution in [0, 0.1) is 0 Å². The largest absolute Gasteiger partial charge is 0.463 e. The first-order valence-electron chi connectivity index (χ1n) is 5.89. The van der Waals surface area contributed by atoms with E-state index in [1.54, 1.807) is 54.9 Å². The number of halogens is 1. The van der Waals surface area contributed by atoms with Gasteiger partial charge in [-0.3, -0.25) is 0 Å². The molecule has 20 heavy (non-hydrogen) atoms. The third-order valence-corrected chi connectivity index (χ3v) is 2.92. The van der Waals surface area contributed by atoms with Gasteiger partial charge >= 0.3 is 6.03 Å². The summed E-state index contributed by atoms with van der Waals surface area (Å²) < 4.78 is 6.44. The smallest absolute Gasteiger partial charge is 0.346 e. The van der Waals surface area contributed by atoms with Gasteiger partial charge in [0.15, 0.2) is 5.76 Å². The minimum Gasteiger partial charge on any atom is -0.463 e. The van der Waals surface area contributed by atoms with Crippen molar-refractivity contribution in [1.82, 2.24) is 9.78 Å². The third-order valence-electron chi connectivity index (χ3n) is 2.67. The zero-order valence-electron chi connectivity index (χ0n) is 10.3. The predicted octanol–water partition coefficient (Wildman–Crippen LogP) is 3.88. The fraction of sp³-hybridized carbons (Fsp3) is 0. The summed E-state index contributed by atoms with van der Waals surface area (Å²) in [5, 5.41) is 7.48. The summed E-state index contributed by atoms with van der Waals surface area (Å²) in [5.74, 6) is 0.614. The van der Waals surface area contributed by atoms with Gasteiger partial charge in [-0.2, -0.15) is 9.78 Å². The molecule has 0 unspecified atom stereocenters. The second kappa shape index (κ2) is 5.22. The second-order valence-corrected chi connectivity index (χ2v) is 4.50. The van der Waals surface area contributed by atoms with Crippen molar-refractivity contribution in [2.75, 3.05) is 5.32 Å². The van der Waals surface area contributed by atoms with E-state index in [0.717, 1.165) is 0 Å². The molecular formula is C14H10ClN3O2. The Kier molecular flexibility index (Phi) is 3.26. The molecule has 0 bridgehead atoms. The van der Waals surface area contributed by atoms with Crippen molar-refractivity contribution in [3.8, 4) is 11.5 Å². The maximum atomic E-state index is 12.0. The van der Waals surface area contributed by atoms with E-state index in [4.69, 9.17) is 16.0 Å². The van der Waals surface area contributed by atoms with Gasteiger partial charge in [0.05, 0.1) is 6.26 Å². The molecule has 100 valence electrons. The molecule has 1 aromatic carbocycles. The Morgan fingerprint density at radius 1 is 1.20 bits per heavy atom. The molecule has 0 saturated carbocycles. The monoisotopic (exact) mass is 287 g/mol. The molecule has 1 N–H and O–H groups in total. The molecule has 0 spiro atoms. The lowest BCUT2D eigenvalue weighted by atomic mass is 10.3. The normalized spacial score (nSPS) is 10.4. The van der Waals surface area contributed by atoms with Crippen LogP contribution in [0.4, 0.5) is 10.5 Å². The van der Waals surface area contributed by atoms with Crippen LogP contribution in [0.15, 0.2) is 59.3 Å². The Morgan fingerprint density at radius 2 is 2.00 bits per heavy atom. The summed E-state index contributed by atoms with van der Waals surface area (Å²) in [5.41, 5.74) is 1.25. The summed E-state index contributed by atoms with van der Waals surface area (Å²) >= 11 is 5.78. The Hall–Kier alpha value is -2.53. The van der Waals surface area contributed by atoms with Gasteiger partial charge in [-0.25, -0.2) is 4.79 Å². The Bertz CT molecular complexity index is 717. The van der Waals surface area contributed by atoms with Crippen molar-refractivity contribution in [1.29, 1.82) is 0 Å². The molecular weight excluding hydrogens is 278 g/mol. The van der Waals surface area contributed by atoms with E-state index >= 15 is 0 Å². The van der Waals surface area contributed by atoms with E-state index in [2.05, 4.69) is 10.4 Å². The van der Waals surface area contributed by atoms with Gasteiger partial charge in [0.25, 0.3) is 0 Å². The Labute approximate surface area is 119 Å². The van der Waals surface area contributed by atoms with Crippen LogP contribution < -0.4 is 5.32 Å².